The Labute approximate surface area is 144 Å². The number of benzene rings is 1. The molecule has 0 aromatic heterocycles. The number of thioether (sulfide) groups is 1. The van der Waals surface area contributed by atoms with Gasteiger partial charge in [0, 0.05) is 23.1 Å². The highest BCUT2D eigenvalue weighted by Gasteiger charge is 2.15. The first-order chi connectivity index (χ1) is 10.3. The number of carbonyl (C=O) groups is 1. The van der Waals surface area contributed by atoms with Crippen molar-refractivity contribution in [1.29, 1.82) is 0 Å². The van der Waals surface area contributed by atoms with E-state index in [1.54, 1.807) is 0 Å². The van der Waals surface area contributed by atoms with Crippen LogP contribution in [0.4, 0.5) is 5.69 Å². The van der Waals surface area contributed by atoms with E-state index in [4.69, 9.17) is 0 Å². The van der Waals surface area contributed by atoms with E-state index in [2.05, 4.69) is 34.5 Å². The van der Waals surface area contributed by atoms with Crippen molar-refractivity contribution in [2.75, 3.05) is 18.9 Å². The Bertz CT molecular complexity index is 450. The Morgan fingerprint density at radius 1 is 1.32 bits per heavy atom. The van der Waals surface area contributed by atoms with E-state index in [9.17, 15) is 4.79 Å². The van der Waals surface area contributed by atoms with Crippen LogP contribution >= 0.6 is 24.2 Å². The SMILES string of the molecule is CNCCCC(=O)Nc1cccc(CSC2CCCC2)c1.Cl. The number of hydrogen-bond donors (Lipinski definition) is 2. The Morgan fingerprint density at radius 2 is 2.09 bits per heavy atom. The van der Waals surface area contributed by atoms with Gasteiger partial charge in [0.2, 0.25) is 5.91 Å². The lowest BCUT2D eigenvalue weighted by atomic mass is 10.2. The van der Waals surface area contributed by atoms with Gasteiger partial charge in [-0.3, -0.25) is 4.79 Å². The molecule has 1 fully saturated rings. The van der Waals surface area contributed by atoms with Crippen molar-refractivity contribution in [1.82, 2.24) is 5.32 Å². The lowest BCUT2D eigenvalue weighted by molar-refractivity contribution is -0.116. The third kappa shape index (κ3) is 7.03. The van der Waals surface area contributed by atoms with Gasteiger partial charge in [-0.15, -0.1) is 12.4 Å². The normalized spacial score (nSPS) is 14.6. The minimum Gasteiger partial charge on any atom is -0.326 e. The Balaban J connectivity index is 0.00000242. The molecule has 0 heterocycles. The molecule has 0 radical (unpaired) electrons. The summed E-state index contributed by atoms with van der Waals surface area (Å²) in [7, 11) is 1.91. The molecule has 2 N–H and O–H groups in total. The average Bonchev–Trinajstić information content (AvgIpc) is 2.99. The summed E-state index contributed by atoms with van der Waals surface area (Å²) >= 11 is 2.06. The topological polar surface area (TPSA) is 41.1 Å². The van der Waals surface area contributed by atoms with Crippen LogP contribution in [0.15, 0.2) is 24.3 Å². The molecule has 22 heavy (non-hydrogen) atoms. The molecule has 0 bridgehead atoms. The zero-order chi connectivity index (χ0) is 14.9. The second-order valence-electron chi connectivity index (χ2n) is 5.67. The number of nitrogens with one attached hydrogen (secondary N) is 2. The molecule has 1 aromatic rings. The lowest BCUT2D eigenvalue weighted by Gasteiger charge is -2.10. The van der Waals surface area contributed by atoms with E-state index in [-0.39, 0.29) is 18.3 Å². The highest BCUT2D eigenvalue weighted by Crippen LogP contribution is 2.31. The molecule has 3 nitrogen and oxygen atoms in total. The maximum Gasteiger partial charge on any atom is 0.224 e. The third-order valence-electron chi connectivity index (χ3n) is 3.83. The van der Waals surface area contributed by atoms with E-state index in [1.807, 2.05) is 19.2 Å². The van der Waals surface area contributed by atoms with E-state index < -0.39 is 0 Å². The van der Waals surface area contributed by atoms with Crippen LogP contribution in [0.5, 0.6) is 0 Å². The highest BCUT2D eigenvalue weighted by molar-refractivity contribution is 7.99. The van der Waals surface area contributed by atoms with E-state index in [0.29, 0.717) is 6.42 Å². The summed E-state index contributed by atoms with van der Waals surface area (Å²) in [5.74, 6) is 1.15. The number of hydrogen-bond acceptors (Lipinski definition) is 3. The quantitative estimate of drug-likeness (QED) is 0.695. The maximum atomic E-state index is 11.8. The molecular weight excluding hydrogens is 316 g/mol. The van der Waals surface area contributed by atoms with Crippen molar-refractivity contribution in [3.05, 3.63) is 29.8 Å². The molecule has 124 valence electrons. The van der Waals surface area contributed by atoms with Gasteiger partial charge < -0.3 is 10.6 Å². The predicted molar refractivity (Wildman–Crippen MR) is 99.0 cm³/mol. The first-order valence-corrected chi connectivity index (χ1v) is 8.98. The van der Waals surface area contributed by atoms with Gasteiger partial charge in [0.25, 0.3) is 0 Å². The summed E-state index contributed by atoms with van der Waals surface area (Å²) in [6, 6.07) is 8.27. The number of carbonyl (C=O) groups excluding carboxylic acids is 1. The first-order valence-electron chi connectivity index (χ1n) is 7.93. The van der Waals surface area contributed by atoms with Crippen molar-refractivity contribution in [2.24, 2.45) is 0 Å². The predicted octanol–water partition coefficient (Wildman–Crippen LogP) is 4.22. The van der Waals surface area contributed by atoms with E-state index in [0.717, 1.165) is 29.7 Å². The minimum absolute atomic E-state index is 0. The van der Waals surface area contributed by atoms with Crippen LogP contribution in [0.1, 0.15) is 44.1 Å². The van der Waals surface area contributed by atoms with Crippen LogP contribution in [0, 0.1) is 0 Å². The highest BCUT2D eigenvalue weighted by atomic mass is 35.5. The molecule has 1 aromatic carbocycles. The molecular formula is C17H27ClN2OS. The second-order valence-corrected chi connectivity index (χ2v) is 6.96. The van der Waals surface area contributed by atoms with Gasteiger partial charge in [0.15, 0.2) is 0 Å². The summed E-state index contributed by atoms with van der Waals surface area (Å²) in [5.41, 5.74) is 2.23. The minimum atomic E-state index is 0. The van der Waals surface area contributed by atoms with Crippen LogP contribution in [0.2, 0.25) is 0 Å². The summed E-state index contributed by atoms with van der Waals surface area (Å²) < 4.78 is 0. The van der Waals surface area contributed by atoms with Crippen LogP contribution in [-0.2, 0) is 10.5 Å². The molecule has 1 aliphatic carbocycles. The average molecular weight is 343 g/mol. The Hall–Kier alpha value is -0.710. The lowest BCUT2D eigenvalue weighted by Crippen LogP contribution is -2.15. The van der Waals surface area contributed by atoms with Crippen molar-refractivity contribution in [2.45, 2.75) is 49.5 Å². The number of amides is 1. The van der Waals surface area contributed by atoms with Crippen LogP contribution in [-0.4, -0.2) is 24.7 Å². The number of halogens is 1. The van der Waals surface area contributed by atoms with Crippen molar-refractivity contribution < 1.29 is 4.79 Å². The summed E-state index contributed by atoms with van der Waals surface area (Å²) in [6.07, 6.45) is 6.96. The molecule has 0 aliphatic heterocycles. The fraction of sp³-hybridized carbons (Fsp3) is 0.588. The van der Waals surface area contributed by atoms with Gasteiger partial charge in [-0.25, -0.2) is 0 Å². The van der Waals surface area contributed by atoms with Gasteiger partial charge in [0.1, 0.15) is 0 Å². The molecule has 2 rings (SSSR count). The van der Waals surface area contributed by atoms with E-state index >= 15 is 0 Å². The van der Waals surface area contributed by atoms with Crippen LogP contribution in [0.25, 0.3) is 0 Å². The summed E-state index contributed by atoms with van der Waals surface area (Å²) in [6.45, 7) is 0.880. The fourth-order valence-electron chi connectivity index (χ4n) is 2.66. The maximum absolute atomic E-state index is 11.8. The largest absolute Gasteiger partial charge is 0.326 e. The van der Waals surface area contributed by atoms with Crippen LogP contribution in [0.3, 0.4) is 0 Å². The van der Waals surface area contributed by atoms with E-state index in [1.165, 1.54) is 31.2 Å². The molecule has 0 saturated heterocycles. The molecule has 1 aliphatic rings. The second kappa shape index (κ2) is 10.9. The summed E-state index contributed by atoms with van der Waals surface area (Å²) in [5, 5.41) is 6.89. The molecule has 0 spiro atoms. The smallest absolute Gasteiger partial charge is 0.224 e. The Morgan fingerprint density at radius 3 is 2.82 bits per heavy atom. The van der Waals surface area contributed by atoms with Gasteiger partial charge in [-0.1, -0.05) is 25.0 Å². The van der Waals surface area contributed by atoms with Gasteiger partial charge >= 0.3 is 0 Å². The van der Waals surface area contributed by atoms with Crippen molar-refractivity contribution >= 4 is 35.8 Å². The standard InChI is InChI=1S/C17H26N2OS.ClH/c1-18-11-5-10-17(20)19-15-7-4-6-14(12-15)13-21-16-8-2-3-9-16;/h4,6-7,12,16,18H,2-3,5,8-11,13H2,1H3,(H,19,20);1H. The molecule has 1 amide bonds. The van der Waals surface area contributed by atoms with Gasteiger partial charge in [0.05, 0.1) is 0 Å². The molecule has 0 atom stereocenters. The first kappa shape index (κ1) is 19.3. The zero-order valence-electron chi connectivity index (χ0n) is 13.3. The fourth-order valence-corrected chi connectivity index (χ4v) is 3.93. The molecule has 5 heteroatoms. The van der Waals surface area contributed by atoms with Gasteiger partial charge in [-0.05, 0) is 50.6 Å². The number of rotatable bonds is 8. The Kier molecular flexibility index (Phi) is 9.60. The number of anilines is 1. The molecule has 0 unspecified atom stereocenters. The zero-order valence-corrected chi connectivity index (χ0v) is 14.9. The van der Waals surface area contributed by atoms with Crippen molar-refractivity contribution in [3.63, 3.8) is 0 Å². The van der Waals surface area contributed by atoms with Gasteiger partial charge in [-0.2, -0.15) is 11.8 Å². The third-order valence-corrected chi connectivity index (χ3v) is 5.27. The van der Waals surface area contributed by atoms with Crippen LogP contribution < -0.4 is 10.6 Å². The molecule has 1 saturated carbocycles. The monoisotopic (exact) mass is 342 g/mol. The van der Waals surface area contributed by atoms with Crippen molar-refractivity contribution in [3.8, 4) is 0 Å². The summed E-state index contributed by atoms with van der Waals surface area (Å²) in [4.78, 5) is 11.8.